The van der Waals surface area contributed by atoms with Gasteiger partial charge in [-0.3, -0.25) is 0 Å². The van der Waals surface area contributed by atoms with Crippen molar-refractivity contribution in [3.8, 4) is 0 Å². The van der Waals surface area contributed by atoms with Gasteiger partial charge in [0.05, 0.1) is 0 Å². The maximum absolute atomic E-state index is 9.28. The highest BCUT2D eigenvalue weighted by Crippen LogP contribution is 2.20. The van der Waals surface area contributed by atoms with Crippen molar-refractivity contribution in [2.75, 3.05) is 14.1 Å². The van der Waals surface area contributed by atoms with Gasteiger partial charge in [0.2, 0.25) is 0 Å². The molecule has 2 nitrogen and oxygen atoms in total. The van der Waals surface area contributed by atoms with Crippen molar-refractivity contribution >= 4 is 0 Å². The van der Waals surface area contributed by atoms with Crippen LogP contribution in [0.2, 0.25) is 0 Å². The molecule has 0 spiro atoms. The van der Waals surface area contributed by atoms with Crippen LogP contribution in [0.5, 0.6) is 0 Å². The molecule has 1 aliphatic carbocycles. The van der Waals surface area contributed by atoms with Crippen molar-refractivity contribution in [3.63, 3.8) is 0 Å². The molecule has 2 heteroatoms. The van der Waals surface area contributed by atoms with Crippen molar-refractivity contribution in [1.29, 1.82) is 0 Å². The molecule has 68 valence electrons. The van der Waals surface area contributed by atoms with Crippen LogP contribution in [-0.4, -0.2) is 30.1 Å². The summed E-state index contributed by atoms with van der Waals surface area (Å²) in [7, 11) is 4.11. The summed E-state index contributed by atoms with van der Waals surface area (Å²) in [6.07, 6.45) is 5.79. The monoisotopic (exact) mass is 167 g/mol. The zero-order valence-corrected chi connectivity index (χ0v) is 8.04. The molecule has 1 atom stereocenters. The Morgan fingerprint density at radius 3 is 2.67 bits per heavy atom. The highest BCUT2D eigenvalue weighted by Gasteiger charge is 2.13. The van der Waals surface area contributed by atoms with Crippen LogP contribution < -0.4 is 0 Å². The van der Waals surface area contributed by atoms with Gasteiger partial charge < -0.3 is 10.0 Å². The first-order valence-corrected chi connectivity index (χ1v) is 4.37. The van der Waals surface area contributed by atoms with E-state index in [4.69, 9.17) is 0 Å². The molecule has 0 saturated heterocycles. The molecule has 0 aromatic carbocycles. The van der Waals surface area contributed by atoms with E-state index in [1.165, 1.54) is 5.57 Å². The van der Waals surface area contributed by atoms with Crippen molar-refractivity contribution in [1.82, 2.24) is 4.90 Å². The van der Waals surface area contributed by atoms with E-state index in [-0.39, 0.29) is 0 Å². The average molecular weight is 167 g/mol. The van der Waals surface area contributed by atoms with E-state index < -0.39 is 0 Å². The molecule has 0 aromatic rings. The molecule has 1 N–H and O–H groups in total. The lowest BCUT2D eigenvalue weighted by atomic mass is 9.97. The van der Waals surface area contributed by atoms with E-state index in [9.17, 15) is 5.11 Å². The molecule has 1 rings (SSSR count). The van der Waals surface area contributed by atoms with Gasteiger partial charge in [-0.05, 0) is 51.6 Å². The number of hydrogen-bond donors (Lipinski definition) is 1. The maximum Gasteiger partial charge on any atom is 0.111 e. The van der Waals surface area contributed by atoms with Gasteiger partial charge in [0, 0.05) is 6.04 Å². The number of allylic oxidation sites excluding steroid dienone is 2. The average Bonchev–Trinajstić information content (AvgIpc) is 2.03. The standard InChI is InChI=1S/C10H17NO/c1-8(11(2)3)9-5-4-6-10(12)7-9/h6-8,12H,4-5H2,1-3H3/t8-/m0/s1. The summed E-state index contributed by atoms with van der Waals surface area (Å²) >= 11 is 0. The summed E-state index contributed by atoms with van der Waals surface area (Å²) in [5.41, 5.74) is 1.32. The largest absolute Gasteiger partial charge is 0.508 e. The topological polar surface area (TPSA) is 23.5 Å². The summed E-state index contributed by atoms with van der Waals surface area (Å²) in [6.45, 7) is 2.16. The highest BCUT2D eigenvalue weighted by molar-refractivity contribution is 5.25. The first kappa shape index (κ1) is 9.33. The lowest BCUT2D eigenvalue weighted by Gasteiger charge is -2.24. The van der Waals surface area contributed by atoms with E-state index in [1.807, 2.05) is 12.2 Å². The summed E-state index contributed by atoms with van der Waals surface area (Å²) in [4.78, 5) is 2.16. The Bertz CT molecular complexity index is 216. The van der Waals surface area contributed by atoms with Gasteiger partial charge in [-0.25, -0.2) is 0 Å². The molecule has 0 saturated carbocycles. The minimum Gasteiger partial charge on any atom is -0.508 e. The third kappa shape index (κ3) is 2.11. The molecule has 0 amide bonds. The van der Waals surface area contributed by atoms with Gasteiger partial charge >= 0.3 is 0 Å². The Labute approximate surface area is 74.2 Å². The van der Waals surface area contributed by atoms with E-state index in [0.29, 0.717) is 11.8 Å². The molecule has 0 unspecified atom stereocenters. The Kier molecular flexibility index (Phi) is 2.93. The number of nitrogens with zero attached hydrogens (tertiary/aromatic N) is 1. The van der Waals surface area contributed by atoms with Crippen LogP contribution in [-0.2, 0) is 0 Å². The third-order valence-electron chi connectivity index (χ3n) is 2.43. The van der Waals surface area contributed by atoms with Gasteiger partial charge in [0.15, 0.2) is 0 Å². The maximum atomic E-state index is 9.28. The fourth-order valence-corrected chi connectivity index (χ4v) is 1.37. The van der Waals surface area contributed by atoms with Crippen LogP contribution in [0.3, 0.4) is 0 Å². The van der Waals surface area contributed by atoms with Crippen molar-refractivity contribution in [2.24, 2.45) is 0 Å². The van der Waals surface area contributed by atoms with Crippen molar-refractivity contribution in [3.05, 3.63) is 23.5 Å². The Hall–Kier alpha value is -0.760. The van der Waals surface area contributed by atoms with Gasteiger partial charge in [-0.15, -0.1) is 0 Å². The minimum absolute atomic E-state index is 0.421. The van der Waals surface area contributed by atoms with E-state index in [2.05, 4.69) is 25.9 Å². The molecular weight excluding hydrogens is 150 g/mol. The fourth-order valence-electron chi connectivity index (χ4n) is 1.37. The number of aliphatic hydroxyl groups is 1. The molecule has 0 fully saturated rings. The molecule has 0 aromatic heterocycles. The van der Waals surface area contributed by atoms with Crippen LogP contribution in [0.4, 0.5) is 0 Å². The second-order valence-electron chi connectivity index (χ2n) is 3.53. The van der Waals surface area contributed by atoms with Crippen LogP contribution in [0.1, 0.15) is 19.8 Å². The van der Waals surface area contributed by atoms with Crippen LogP contribution in [0.25, 0.3) is 0 Å². The quantitative estimate of drug-likeness (QED) is 0.680. The van der Waals surface area contributed by atoms with E-state index in [1.54, 1.807) is 0 Å². The lowest BCUT2D eigenvalue weighted by molar-refractivity contribution is 0.339. The summed E-state index contributed by atoms with van der Waals surface area (Å²) in [5, 5.41) is 9.28. The van der Waals surface area contributed by atoms with Gasteiger partial charge in [0.25, 0.3) is 0 Å². The van der Waals surface area contributed by atoms with Crippen LogP contribution in [0, 0.1) is 0 Å². The second kappa shape index (κ2) is 3.76. The van der Waals surface area contributed by atoms with E-state index in [0.717, 1.165) is 12.8 Å². The van der Waals surface area contributed by atoms with Crippen LogP contribution in [0.15, 0.2) is 23.5 Å². The predicted molar refractivity (Wildman–Crippen MR) is 51.2 cm³/mol. The highest BCUT2D eigenvalue weighted by atomic mass is 16.3. The Morgan fingerprint density at radius 2 is 2.17 bits per heavy atom. The fraction of sp³-hybridized carbons (Fsp3) is 0.600. The first-order chi connectivity index (χ1) is 5.61. The van der Waals surface area contributed by atoms with Gasteiger partial charge in [0.1, 0.15) is 5.76 Å². The third-order valence-corrected chi connectivity index (χ3v) is 2.43. The predicted octanol–water partition coefficient (Wildman–Crippen LogP) is 2.10. The number of rotatable bonds is 2. The summed E-state index contributed by atoms with van der Waals surface area (Å²) in [6, 6.07) is 0.431. The molecule has 0 heterocycles. The molecule has 0 bridgehead atoms. The van der Waals surface area contributed by atoms with Gasteiger partial charge in [-0.1, -0.05) is 0 Å². The zero-order valence-electron chi connectivity index (χ0n) is 8.04. The summed E-state index contributed by atoms with van der Waals surface area (Å²) < 4.78 is 0. The van der Waals surface area contributed by atoms with E-state index >= 15 is 0 Å². The molecule has 1 aliphatic rings. The SMILES string of the molecule is C[C@@H](C1=CC(O)=CCC1)N(C)C. The zero-order chi connectivity index (χ0) is 9.14. The molecule has 0 radical (unpaired) electrons. The normalized spacial score (nSPS) is 20.3. The summed E-state index contributed by atoms with van der Waals surface area (Å²) in [5.74, 6) is 0.421. The Balaban J connectivity index is 2.69. The smallest absolute Gasteiger partial charge is 0.111 e. The van der Waals surface area contributed by atoms with Crippen molar-refractivity contribution in [2.45, 2.75) is 25.8 Å². The lowest BCUT2D eigenvalue weighted by Crippen LogP contribution is -2.27. The molecule has 12 heavy (non-hydrogen) atoms. The first-order valence-electron chi connectivity index (χ1n) is 4.37. The number of hydrogen-bond acceptors (Lipinski definition) is 2. The molecule has 0 aliphatic heterocycles. The minimum atomic E-state index is 0.421. The van der Waals surface area contributed by atoms with Crippen LogP contribution >= 0.6 is 0 Å². The van der Waals surface area contributed by atoms with Crippen molar-refractivity contribution < 1.29 is 5.11 Å². The second-order valence-corrected chi connectivity index (χ2v) is 3.53. The Morgan fingerprint density at radius 1 is 1.50 bits per heavy atom. The molecular formula is C10H17NO. The number of likely N-dealkylation sites (N-methyl/N-ethyl adjacent to an activating group) is 1. The number of aliphatic hydroxyl groups excluding tert-OH is 1. The van der Waals surface area contributed by atoms with Gasteiger partial charge in [-0.2, -0.15) is 0 Å².